The van der Waals surface area contributed by atoms with Crippen molar-refractivity contribution in [2.24, 2.45) is 4.99 Å². The molecule has 12 heteroatoms. The second kappa shape index (κ2) is 10.0. The molecule has 0 fully saturated rings. The Morgan fingerprint density at radius 3 is 2.42 bits per heavy atom. The van der Waals surface area contributed by atoms with E-state index in [1.807, 2.05) is 0 Å². The molecule has 33 heavy (non-hydrogen) atoms. The maximum atomic E-state index is 13.1. The Bertz CT molecular complexity index is 1150. The zero-order chi connectivity index (χ0) is 24.3. The lowest BCUT2D eigenvalue weighted by Crippen LogP contribution is -2.51. The van der Waals surface area contributed by atoms with Crippen molar-refractivity contribution < 1.29 is 28.7 Å². The second-order valence-corrected chi connectivity index (χ2v) is 7.97. The van der Waals surface area contributed by atoms with E-state index >= 15 is 0 Å². The summed E-state index contributed by atoms with van der Waals surface area (Å²) >= 11 is 3.49. The molecule has 2 atom stereocenters. The molecule has 2 unspecified atom stereocenters. The molecule has 0 aliphatic carbocycles. The van der Waals surface area contributed by atoms with Crippen LogP contribution in [0.4, 0.5) is 5.69 Å². The van der Waals surface area contributed by atoms with Gasteiger partial charge in [0.15, 0.2) is 12.2 Å². The molecule has 1 aliphatic rings. The van der Waals surface area contributed by atoms with Gasteiger partial charge in [0.05, 0.1) is 22.2 Å². The molecule has 174 valence electrons. The molecular weight excluding hydrogens is 498 g/mol. The molecule has 2 heterocycles. The highest BCUT2D eigenvalue weighted by atomic mass is 79.9. The van der Waals surface area contributed by atoms with Crippen LogP contribution >= 0.6 is 15.9 Å². The van der Waals surface area contributed by atoms with Crippen LogP contribution in [0.1, 0.15) is 27.7 Å². The number of carbonyl (C=O) groups excluding carboxylic acids is 4. The summed E-state index contributed by atoms with van der Waals surface area (Å²) in [6.07, 6.45) is 0.736. The summed E-state index contributed by atoms with van der Waals surface area (Å²) in [4.78, 5) is 64.4. The van der Waals surface area contributed by atoms with Crippen molar-refractivity contribution in [3.63, 3.8) is 0 Å². The number of carbonyl (C=O) groups is 4. The van der Waals surface area contributed by atoms with E-state index in [1.165, 1.54) is 36.8 Å². The number of amides is 2. The van der Waals surface area contributed by atoms with Crippen LogP contribution in [0.5, 0.6) is 0 Å². The van der Waals surface area contributed by atoms with Crippen LogP contribution < -0.4 is 4.90 Å². The molecule has 3 rings (SSSR count). The number of rotatable bonds is 5. The molecule has 0 saturated carbocycles. The number of hydrogen-bond acceptors (Lipinski definition) is 9. The van der Waals surface area contributed by atoms with E-state index in [0.29, 0.717) is 21.2 Å². The van der Waals surface area contributed by atoms with Crippen LogP contribution in [0, 0.1) is 0 Å². The number of hydrogen-bond donors (Lipinski definition) is 0. The van der Waals surface area contributed by atoms with E-state index in [1.54, 1.807) is 18.3 Å². The van der Waals surface area contributed by atoms with Gasteiger partial charge in [-0.15, -0.1) is 0 Å². The highest BCUT2D eigenvalue weighted by Crippen LogP contribution is 2.33. The number of aromatic nitrogens is 2. The van der Waals surface area contributed by atoms with Gasteiger partial charge >= 0.3 is 11.9 Å². The highest BCUT2D eigenvalue weighted by Gasteiger charge is 2.36. The summed E-state index contributed by atoms with van der Waals surface area (Å²) in [5.74, 6) is -2.35. The van der Waals surface area contributed by atoms with E-state index in [9.17, 15) is 19.2 Å². The molecule has 0 radical (unpaired) electrons. The Morgan fingerprint density at radius 1 is 1.06 bits per heavy atom. The van der Waals surface area contributed by atoms with Crippen molar-refractivity contribution >= 4 is 62.4 Å². The average Bonchev–Trinajstić information content (AvgIpc) is 3.23. The zero-order valence-corrected chi connectivity index (χ0v) is 20.0. The van der Waals surface area contributed by atoms with Crippen LogP contribution in [0.25, 0.3) is 11.0 Å². The van der Waals surface area contributed by atoms with Crippen LogP contribution in [0.2, 0.25) is 0 Å². The summed E-state index contributed by atoms with van der Waals surface area (Å²) < 4.78 is 10.5. The minimum absolute atomic E-state index is 0.104. The fourth-order valence-electron chi connectivity index (χ4n) is 3.26. The predicted octanol–water partition coefficient (Wildman–Crippen LogP) is 1.83. The minimum Gasteiger partial charge on any atom is -0.451 e. The van der Waals surface area contributed by atoms with Crippen LogP contribution in [-0.4, -0.2) is 69.9 Å². The van der Waals surface area contributed by atoms with Crippen molar-refractivity contribution in [2.45, 2.75) is 39.9 Å². The van der Waals surface area contributed by atoms with Gasteiger partial charge in [0.25, 0.3) is 5.91 Å². The summed E-state index contributed by atoms with van der Waals surface area (Å²) in [5, 5.41) is 0. The highest BCUT2D eigenvalue weighted by molar-refractivity contribution is 9.10. The number of aliphatic imine (C=N–C) groups is 1. The van der Waals surface area contributed by atoms with Gasteiger partial charge in [-0.05, 0) is 41.9 Å². The maximum absolute atomic E-state index is 13.1. The number of benzene rings is 1. The quantitative estimate of drug-likeness (QED) is 0.546. The van der Waals surface area contributed by atoms with E-state index in [2.05, 4.69) is 30.9 Å². The third-order valence-electron chi connectivity index (χ3n) is 4.71. The van der Waals surface area contributed by atoms with Crippen molar-refractivity contribution in [3.8, 4) is 0 Å². The van der Waals surface area contributed by atoms with E-state index < -0.39 is 30.1 Å². The topological polar surface area (TPSA) is 131 Å². The lowest BCUT2D eigenvalue weighted by atomic mass is 10.2. The van der Waals surface area contributed by atoms with Gasteiger partial charge in [-0.2, -0.15) is 0 Å². The number of fused-ring (bicyclic) bond motifs is 1. The number of guanidine groups is 1. The molecule has 11 nitrogen and oxygen atoms in total. The van der Waals surface area contributed by atoms with Gasteiger partial charge in [-0.1, -0.05) is 0 Å². The first kappa shape index (κ1) is 24.2. The number of nitrogens with zero attached hydrogens (tertiary/aromatic N) is 5. The first-order valence-electron chi connectivity index (χ1n) is 10.0. The molecule has 0 spiro atoms. The number of anilines is 1. The Kier molecular flexibility index (Phi) is 7.36. The van der Waals surface area contributed by atoms with Gasteiger partial charge in [0.2, 0.25) is 11.9 Å². The zero-order valence-electron chi connectivity index (χ0n) is 18.4. The summed E-state index contributed by atoms with van der Waals surface area (Å²) in [5.41, 5.74) is 1.60. The standard InChI is InChI=1S/C21H22BrN5O6/c1-11(33-20(31)12(2)32-14(4)29)19(30)26-10-9-25-21(26)27(13(3)28)16-6-5-15-18(17(16)22)24-8-7-23-15/h5-8,11-12H,9-10H2,1-4H3. The molecule has 1 aromatic carbocycles. The molecule has 0 N–H and O–H groups in total. The summed E-state index contributed by atoms with van der Waals surface area (Å²) in [7, 11) is 0. The number of halogens is 1. The summed E-state index contributed by atoms with van der Waals surface area (Å²) in [6, 6.07) is 3.39. The normalized spacial score (nSPS) is 14.9. The first-order valence-corrected chi connectivity index (χ1v) is 10.8. The predicted molar refractivity (Wildman–Crippen MR) is 121 cm³/mol. The Morgan fingerprint density at radius 2 is 1.76 bits per heavy atom. The molecule has 1 aromatic heterocycles. The van der Waals surface area contributed by atoms with Crippen molar-refractivity contribution in [1.29, 1.82) is 0 Å². The molecule has 0 bridgehead atoms. The molecule has 1 aliphatic heterocycles. The summed E-state index contributed by atoms with van der Waals surface area (Å²) in [6.45, 7) is 5.72. The molecular formula is C21H22BrN5O6. The van der Waals surface area contributed by atoms with Gasteiger partial charge in [0, 0.05) is 32.8 Å². The third-order valence-corrected chi connectivity index (χ3v) is 5.50. The Labute approximate surface area is 197 Å². The van der Waals surface area contributed by atoms with E-state index in [0.717, 1.165) is 6.92 Å². The fraction of sp³-hybridized carbons (Fsp3) is 0.381. The lowest BCUT2D eigenvalue weighted by molar-refractivity contribution is -0.171. The van der Waals surface area contributed by atoms with Crippen molar-refractivity contribution in [2.75, 3.05) is 18.0 Å². The van der Waals surface area contributed by atoms with E-state index in [4.69, 9.17) is 9.47 Å². The number of ether oxygens (including phenoxy) is 2. The fourth-order valence-corrected chi connectivity index (χ4v) is 3.87. The van der Waals surface area contributed by atoms with Gasteiger partial charge < -0.3 is 9.47 Å². The average molecular weight is 520 g/mol. The van der Waals surface area contributed by atoms with Crippen LogP contribution in [-0.2, 0) is 28.7 Å². The van der Waals surface area contributed by atoms with E-state index in [-0.39, 0.29) is 25.0 Å². The van der Waals surface area contributed by atoms with Gasteiger partial charge in [-0.3, -0.25) is 34.2 Å². The molecule has 2 amide bonds. The largest absolute Gasteiger partial charge is 0.451 e. The van der Waals surface area contributed by atoms with Crippen LogP contribution in [0.3, 0.4) is 0 Å². The maximum Gasteiger partial charge on any atom is 0.347 e. The van der Waals surface area contributed by atoms with Crippen LogP contribution in [0.15, 0.2) is 34.0 Å². The minimum atomic E-state index is -1.20. The second-order valence-electron chi connectivity index (χ2n) is 7.18. The Balaban J connectivity index is 1.86. The molecule has 0 saturated heterocycles. The van der Waals surface area contributed by atoms with Gasteiger partial charge in [0.1, 0.15) is 5.52 Å². The lowest BCUT2D eigenvalue weighted by Gasteiger charge is -2.29. The molecule has 2 aromatic rings. The smallest absolute Gasteiger partial charge is 0.347 e. The SMILES string of the molecule is CC(=O)OC(C)C(=O)OC(C)C(=O)N1CCN=C1N(C(C)=O)c1ccc2nccnc2c1Br. The third kappa shape index (κ3) is 5.16. The first-order chi connectivity index (χ1) is 15.6. The monoisotopic (exact) mass is 519 g/mol. The van der Waals surface area contributed by atoms with Crippen molar-refractivity contribution in [1.82, 2.24) is 14.9 Å². The Hall–Kier alpha value is -3.41. The number of esters is 2. The van der Waals surface area contributed by atoms with Crippen molar-refractivity contribution in [3.05, 3.63) is 29.0 Å². The van der Waals surface area contributed by atoms with Gasteiger partial charge in [-0.25, -0.2) is 9.69 Å².